The summed E-state index contributed by atoms with van der Waals surface area (Å²) in [5, 5.41) is 0. The summed E-state index contributed by atoms with van der Waals surface area (Å²) in [6.45, 7) is 0.716. The minimum absolute atomic E-state index is 0.311. The van der Waals surface area contributed by atoms with E-state index >= 15 is 0 Å². The van der Waals surface area contributed by atoms with Gasteiger partial charge in [0.25, 0.3) is 6.47 Å². The van der Waals surface area contributed by atoms with E-state index in [0.717, 1.165) is 0 Å². The maximum Gasteiger partial charge on any atom is 0.293 e. The summed E-state index contributed by atoms with van der Waals surface area (Å²) in [5.74, 6) is -0.311. The monoisotopic (exact) mass is 183 g/mol. The number of nitrogens with zero attached hydrogens (tertiary/aromatic N) is 1. The SMILES string of the molecule is O=COCCCc1ccncc1F. The van der Waals surface area contributed by atoms with Crippen molar-refractivity contribution in [2.75, 3.05) is 6.61 Å². The number of aromatic nitrogens is 1. The van der Waals surface area contributed by atoms with E-state index in [1.54, 1.807) is 12.3 Å². The Morgan fingerprint density at radius 2 is 2.46 bits per heavy atom. The topological polar surface area (TPSA) is 39.2 Å². The summed E-state index contributed by atoms with van der Waals surface area (Å²) >= 11 is 0. The Balaban J connectivity index is 2.36. The second kappa shape index (κ2) is 5.24. The molecule has 0 N–H and O–H groups in total. The zero-order valence-corrected chi connectivity index (χ0v) is 7.07. The Labute approximate surface area is 75.6 Å². The molecule has 70 valence electrons. The van der Waals surface area contributed by atoms with Gasteiger partial charge in [-0.1, -0.05) is 0 Å². The molecular weight excluding hydrogens is 173 g/mol. The third kappa shape index (κ3) is 3.19. The molecule has 0 radical (unpaired) electrons. The van der Waals surface area contributed by atoms with Crippen molar-refractivity contribution in [3.8, 4) is 0 Å². The summed E-state index contributed by atoms with van der Waals surface area (Å²) in [5.41, 5.74) is 0.601. The lowest BCUT2D eigenvalue weighted by Crippen LogP contribution is -1.97. The molecule has 0 bridgehead atoms. The van der Waals surface area contributed by atoms with Gasteiger partial charge in [-0.3, -0.25) is 9.78 Å². The van der Waals surface area contributed by atoms with Gasteiger partial charge >= 0.3 is 0 Å². The fourth-order valence-corrected chi connectivity index (χ4v) is 1.00. The summed E-state index contributed by atoms with van der Waals surface area (Å²) in [4.78, 5) is 13.4. The van der Waals surface area contributed by atoms with Gasteiger partial charge in [-0.15, -0.1) is 0 Å². The highest BCUT2D eigenvalue weighted by atomic mass is 19.1. The number of hydrogen-bond acceptors (Lipinski definition) is 3. The number of carbonyl (C=O) groups is 1. The molecular formula is C9H10FNO2. The van der Waals surface area contributed by atoms with E-state index < -0.39 is 0 Å². The number of pyridine rings is 1. The van der Waals surface area contributed by atoms with E-state index in [9.17, 15) is 9.18 Å². The summed E-state index contributed by atoms with van der Waals surface area (Å²) in [6, 6.07) is 1.62. The number of hydrogen-bond donors (Lipinski definition) is 0. The Hall–Kier alpha value is -1.45. The maximum absolute atomic E-state index is 12.9. The van der Waals surface area contributed by atoms with E-state index in [1.165, 1.54) is 6.20 Å². The lowest BCUT2D eigenvalue weighted by atomic mass is 10.1. The van der Waals surface area contributed by atoms with Crippen molar-refractivity contribution in [3.63, 3.8) is 0 Å². The average Bonchev–Trinajstić information content (AvgIpc) is 2.15. The zero-order chi connectivity index (χ0) is 9.52. The zero-order valence-electron chi connectivity index (χ0n) is 7.07. The first-order valence-corrected chi connectivity index (χ1v) is 3.98. The van der Waals surface area contributed by atoms with E-state index in [-0.39, 0.29) is 5.82 Å². The van der Waals surface area contributed by atoms with Crippen molar-refractivity contribution in [2.45, 2.75) is 12.8 Å². The van der Waals surface area contributed by atoms with E-state index in [4.69, 9.17) is 0 Å². The minimum Gasteiger partial charge on any atom is -0.468 e. The molecule has 0 saturated heterocycles. The van der Waals surface area contributed by atoms with Crippen molar-refractivity contribution < 1.29 is 13.9 Å². The molecule has 13 heavy (non-hydrogen) atoms. The van der Waals surface area contributed by atoms with Crippen LogP contribution < -0.4 is 0 Å². The number of carbonyl (C=O) groups excluding carboxylic acids is 1. The van der Waals surface area contributed by atoms with Crippen LogP contribution in [0.3, 0.4) is 0 Å². The molecule has 0 aliphatic rings. The van der Waals surface area contributed by atoms with Crippen molar-refractivity contribution in [1.82, 2.24) is 4.98 Å². The van der Waals surface area contributed by atoms with Gasteiger partial charge in [-0.25, -0.2) is 4.39 Å². The van der Waals surface area contributed by atoms with Crippen LogP contribution in [0, 0.1) is 5.82 Å². The molecule has 0 unspecified atom stereocenters. The molecule has 0 spiro atoms. The van der Waals surface area contributed by atoms with Gasteiger partial charge in [0.15, 0.2) is 0 Å². The van der Waals surface area contributed by atoms with Crippen LogP contribution in [0.5, 0.6) is 0 Å². The normalized spacial score (nSPS) is 9.62. The third-order valence-corrected chi connectivity index (χ3v) is 1.63. The molecule has 0 aliphatic carbocycles. The highest BCUT2D eigenvalue weighted by Gasteiger charge is 2.00. The van der Waals surface area contributed by atoms with Crippen LogP contribution in [-0.2, 0) is 16.0 Å². The van der Waals surface area contributed by atoms with Crippen LogP contribution in [0.2, 0.25) is 0 Å². The van der Waals surface area contributed by atoms with Gasteiger partial charge in [0.05, 0.1) is 12.8 Å². The van der Waals surface area contributed by atoms with Crippen molar-refractivity contribution in [1.29, 1.82) is 0 Å². The van der Waals surface area contributed by atoms with Crippen LogP contribution in [-0.4, -0.2) is 18.1 Å². The Bertz CT molecular complexity index is 278. The van der Waals surface area contributed by atoms with Crippen molar-refractivity contribution >= 4 is 6.47 Å². The molecule has 0 aromatic carbocycles. The lowest BCUT2D eigenvalue weighted by Gasteiger charge is -2.00. The largest absolute Gasteiger partial charge is 0.468 e. The van der Waals surface area contributed by atoms with E-state index in [1.807, 2.05) is 0 Å². The minimum atomic E-state index is -0.311. The number of rotatable bonds is 5. The van der Waals surface area contributed by atoms with Crippen LogP contribution in [0.15, 0.2) is 18.5 Å². The highest BCUT2D eigenvalue weighted by molar-refractivity contribution is 5.36. The van der Waals surface area contributed by atoms with Crippen LogP contribution in [0.4, 0.5) is 4.39 Å². The van der Waals surface area contributed by atoms with Gasteiger partial charge in [-0.05, 0) is 24.5 Å². The first-order valence-electron chi connectivity index (χ1n) is 3.98. The average molecular weight is 183 g/mol. The molecule has 4 heteroatoms. The molecule has 3 nitrogen and oxygen atoms in total. The predicted octanol–water partition coefficient (Wildman–Crippen LogP) is 1.33. The van der Waals surface area contributed by atoms with Gasteiger partial charge < -0.3 is 4.74 Å². The molecule has 0 atom stereocenters. The Morgan fingerprint density at radius 3 is 3.15 bits per heavy atom. The van der Waals surface area contributed by atoms with E-state index in [0.29, 0.717) is 31.5 Å². The molecule has 0 fully saturated rings. The summed E-state index contributed by atoms with van der Waals surface area (Å²) in [6.07, 6.45) is 3.90. The van der Waals surface area contributed by atoms with Crippen LogP contribution in [0.25, 0.3) is 0 Å². The molecule has 1 aromatic heterocycles. The summed E-state index contributed by atoms with van der Waals surface area (Å²) < 4.78 is 17.4. The molecule has 1 heterocycles. The van der Waals surface area contributed by atoms with Crippen LogP contribution >= 0.6 is 0 Å². The second-order valence-corrected chi connectivity index (χ2v) is 2.54. The number of ether oxygens (including phenoxy) is 1. The first kappa shape index (κ1) is 9.64. The quantitative estimate of drug-likeness (QED) is 0.510. The highest BCUT2D eigenvalue weighted by Crippen LogP contribution is 2.06. The summed E-state index contributed by atoms with van der Waals surface area (Å²) in [7, 11) is 0. The van der Waals surface area contributed by atoms with Gasteiger partial charge in [0.2, 0.25) is 0 Å². The smallest absolute Gasteiger partial charge is 0.293 e. The van der Waals surface area contributed by atoms with Crippen LogP contribution in [0.1, 0.15) is 12.0 Å². The third-order valence-electron chi connectivity index (χ3n) is 1.63. The molecule has 1 aromatic rings. The van der Waals surface area contributed by atoms with Crippen molar-refractivity contribution in [2.24, 2.45) is 0 Å². The number of halogens is 1. The van der Waals surface area contributed by atoms with E-state index in [2.05, 4.69) is 9.72 Å². The fourth-order valence-electron chi connectivity index (χ4n) is 1.00. The fraction of sp³-hybridized carbons (Fsp3) is 0.333. The first-order chi connectivity index (χ1) is 6.34. The second-order valence-electron chi connectivity index (χ2n) is 2.54. The number of aryl methyl sites for hydroxylation is 1. The van der Waals surface area contributed by atoms with Crippen molar-refractivity contribution in [3.05, 3.63) is 29.8 Å². The molecule has 0 saturated carbocycles. The van der Waals surface area contributed by atoms with Gasteiger partial charge in [0, 0.05) is 6.20 Å². The predicted molar refractivity (Wildman–Crippen MR) is 44.5 cm³/mol. The molecule has 1 rings (SSSR count). The Kier molecular flexibility index (Phi) is 3.88. The standard InChI is InChI=1S/C9H10FNO2/c10-9-6-11-4-3-8(9)2-1-5-13-7-12/h3-4,6-7H,1-2,5H2. The Morgan fingerprint density at radius 1 is 1.62 bits per heavy atom. The maximum atomic E-state index is 12.9. The molecule has 0 amide bonds. The molecule has 0 aliphatic heterocycles. The lowest BCUT2D eigenvalue weighted by molar-refractivity contribution is -0.128. The van der Waals surface area contributed by atoms with Gasteiger partial charge in [-0.2, -0.15) is 0 Å². The van der Waals surface area contributed by atoms with Gasteiger partial charge in [0.1, 0.15) is 5.82 Å².